The average molecular weight is 333 g/mol. The third-order valence-corrected chi connectivity index (χ3v) is 2.91. The van der Waals surface area contributed by atoms with Gasteiger partial charge in [0.05, 0.1) is 22.9 Å². The SMILES string of the molecule is N#Cc1ccc(Nc2cc(Cl)nnc2Cl)cc1C(F)(F)F. The van der Waals surface area contributed by atoms with Gasteiger partial charge in [0.1, 0.15) is 0 Å². The van der Waals surface area contributed by atoms with Crippen molar-refractivity contribution in [3.63, 3.8) is 0 Å². The van der Waals surface area contributed by atoms with Gasteiger partial charge in [0.2, 0.25) is 0 Å². The largest absolute Gasteiger partial charge is 0.417 e. The first kappa shape index (κ1) is 15.4. The number of alkyl halides is 3. The highest BCUT2D eigenvalue weighted by Crippen LogP contribution is 2.34. The topological polar surface area (TPSA) is 61.6 Å². The fourth-order valence-electron chi connectivity index (χ4n) is 1.55. The number of hydrogen-bond donors (Lipinski definition) is 1. The van der Waals surface area contributed by atoms with Crippen LogP contribution in [0.4, 0.5) is 24.5 Å². The standard InChI is InChI=1S/C12H5Cl2F3N4/c13-10-4-9(11(14)21-20-10)19-7-2-1-6(5-18)8(3-7)12(15,16)17/h1-4H,(H,19,20). The molecular formula is C12H5Cl2F3N4. The maximum Gasteiger partial charge on any atom is 0.417 e. The summed E-state index contributed by atoms with van der Waals surface area (Å²) in [5.74, 6) is 0. The molecule has 4 nitrogen and oxygen atoms in total. The van der Waals surface area contributed by atoms with E-state index in [0.717, 1.165) is 12.1 Å². The molecular weight excluding hydrogens is 328 g/mol. The Bertz CT molecular complexity index is 725. The summed E-state index contributed by atoms with van der Waals surface area (Å²) in [4.78, 5) is 0. The molecule has 9 heteroatoms. The molecule has 0 saturated carbocycles. The van der Waals surface area contributed by atoms with Crippen molar-refractivity contribution in [3.8, 4) is 6.07 Å². The smallest absolute Gasteiger partial charge is 0.353 e. The molecule has 0 saturated heterocycles. The number of anilines is 2. The van der Waals surface area contributed by atoms with Crippen molar-refractivity contribution in [2.24, 2.45) is 0 Å². The first-order valence-electron chi connectivity index (χ1n) is 5.38. The van der Waals surface area contributed by atoms with Crippen LogP contribution in [0, 0.1) is 11.3 Å². The van der Waals surface area contributed by atoms with Gasteiger partial charge in [-0.1, -0.05) is 23.2 Å². The minimum absolute atomic E-state index is 0.0339. The Labute approximate surface area is 127 Å². The molecule has 0 bridgehead atoms. The van der Waals surface area contributed by atoms with Gasteiger partial charge in [-0.15, -0.1) is 10.2 Å². The van der Waals surface area contributed by atoms with Crippen LogP contribution in [0.3, 0.4) is 0 Å². The maximum absolute atomic E-state index is 12.8. The molecule has 108 valence electrons. The second kappa shape index (κ2) is 5.76. The lowest BCUT2D eigenvalue weighted by Crippen LogP contribution is -2.08. The van der Waals surface area contributed by atoms with Gasteiger partial charge in [0.25, 0.3) is 0 Å². The molecule has 0 radical (unpaired) electrons. The molecule has 0 aliphatic rings. The summed E-state index contributed by atoms with van der Waals surface area (Å²) in [5, 5.41) is 18.4. The van der Waals surface area contributed by atoms with Crippen LogP contribution >= 0.6 is 23.2 Å². The van der Waals surface area contributed by atoms with Crippen molar-refractivity contribution >= 4 is 34.6 Å². The minimum atomic E-state index is -4.64. The molecule has 0 aliphatic heterocycles. The van der Waals surface area contributed by atoms with E-state index < -0.39 is 17.3 Å². The van der Waals surface area contributed by atoms with Crippen LogP contribution in [0.15, 0.2) is 24.3 Å². The molecule has 1 aromatic heterocycles. The first-order valence-corrected chi connectivity index (χ1v) is 6.14. The summed E-state index contributed by atoms with van der Waals surface area (Å²) in [6.07, 6.45) is -4.64. The van der Waals surface area contributed by atoms with Crippen LogP contribution in [-0.2, 0) is 6.18 Å². The lowest BCUT2D eigenvalue weighted by Gasteiger charge is -2.12. The number of benzene rings is 1. The first-order chi connectivity index (χ1) is 9.81. The van der Waals surface area contributed by atoms with E-state index in [2.05, 4.69) is 15.5 Å². The third kappa shape index (κ3) is 3.54. The lowest BCUT2D eigenvalue weighted by atomic mass is 10.1. The Hall–Kier alpha value is -2.04. The Balaban J connectivity index is 2.42. The molecule has 0 atom stereocenters. The molecule has 2 aromatic rings. The quantitative estimate of drug-likeness (QED) is 0.884. The summed E-state index contributed by atoms with van der Waals surface area (Å²) >= 11 is 11.4. The number of hydrogen-bond acceptors (Lipinski definition) is 4. The van der Waals surface area contributed by atoms with Crippen LogP contribution in [0.5, 0.6) is 0 Å². The number of aromatic nitrogens is 2. The van der Waals surface area contributed by atoms with Crippen molar-refractivity contribution in [1.29, 1.82) is 5.26 Å². The van der Waals surface area contributed by atoms with Crippen LogP contribution in [0.25, 0.3) is 0 Å². The van der Waals surface area contributed by atoms with E-state index in [9.17, 15) is 13.2 Å². The van der Waals surface area contributed by atoms with Crippen LogP contribution in [0.2, 0.25) is 10.3 Å². The zero-order valence-electron chi connectivity index (χ0n) is 10.0. The monoisotopic (exact) mass is 332 g/mol. The van der Waals surface area contributed by atoms with E-state index in [-0.39, 0.29) is 21.7 Å². The predicted molar refractivity (Wildman–Crippen MR) is 71.5 cm³/mol. The third-order valence-electron chi connectivity index (χ3n) is 2.44. The summed E-state index contributed by atoms with van der Waals surface area (Å²) in [6, 6.07) is 6.01. The minimum Gasteiger partial charge on any atom is -0.353 e. The maximum atomic E-state index is 12.8. The van der Waals surface area contributed by atoms with E-state index in [4.69, 9.17) is 28.5 Å². The lowest BCUT2D eigenvalue weighted by molar-refractivity contribution is -0.137. The highest BCUT2D eigenvalue weighted by molar-refractivity contribution is 6.33. The van der Waals surface area contributed by atoms with E-state index in [0.29, 0.717) is 0 Å². The van der Waals surface area contributed by atoms with Crippen molar-refractivity contribution in [1.82, 2.24) is 10.2 Å². The molecule has 1 N–H and O–H groups in total. The van der Waals surface area contributed by atoms with Gasteiger partial charge in [-0.05, 0) is 18.2 Å². The highest BCUT2D eigenvalue weighted by atomic mass is 35.5. The summed E-state index contributed by atoms with van der Waals surface area (Å²) in [5.41, 5.74) is -1.22. The number of rotatable bonds is 2. The normalized spacial score (nSPS) is 11.0. The van der Waals surface area contributed by atoms with Crippen LogP contribution < -0.4 is 5.32 Å². The molecule has 1 aromatic carbocycles. The van der Waals surface area contributed by atoms with Crippen molar-refractivity contribution in [2.75, 3.05) is 5.32 Å². The fraction of sp³-hybridized carbons (Fsp3) is 0.0833. The van der Waals surface area contributed by atoms with Crippen molar-refractivity contribution in [2.45, 2.75) is 6.18 Å². The molecule has 0 fully saturated rings. The number of nitrogens with one attached hydrogen (secondary N) is 1. The fourth-order valence-corrected chi connectivity index (χ4v) is 1.84. The van der Waals surface area contributed by atoms with Gasteiger partial charge in [0, 0.05) is 11.8 Å². The molecule has 1 heterocycles. The molecule has 21 heavy (non-hydrogen) atoms. The van der Waals surface area contributed by atoms with Gasteiger partial charge < -0.3 is 5.32 Å². The Morgan fingerprint density at radius 3 is 2.48 bits per heavy atom. The zero-order valence-corrected chi connectivity index (χ0v) is 11.6. The summed E-state index contributed by atoms with van der Waals surface area (Å²) in [6.45, 7) is 0. The molecule has 0 aliphatic carbocycles. The Kier molecular flexibility index (Phi) is 4.21. The molecule has 2 rings (SSSR count). The number of nitriles is 1. The van der Waals surface area contributed by atoms with E-state index >= 15 is 0 Å². The van der Waals surface area contributed by atoms with E-state index in [1.165, 1.54) is 18.2 Å². The summed E-state index contributed by atoms with van der Waals surface area (Å²) in [7, 11) is 0. The molecule has 0 amide bonds. The number of halogens is 5. The zero-order chi connectivity index (χ0) is 15.6. The van der Waals surface area contributed by atoms with E-state index in [1.807, 2.05) is 0 Å². The van der Waals surface area contributed by atoms with E-state index in [1.54, 1.807) is 0 Å². The average Bonchev–Trinajstić information content (AvgIpc) is 2.42. The second-order valence-electron chi connectivity index (χ2n) is 3.87. The van der Waals surface area contributed by atoms with Crippen LogP contribution in [0.1, 0.15) is 11.1 Å². The van der Waals surface area contributed by atoms with Gasteiger partial charge in [-0.2, -0.15) is 18.4 Å². The van der Waals surface area contributed by atoms with Gasteiger partial charge >= 0.3 is 6.18 Å². The Morgan fingerprint density at radius 1 is 1.14 bits per heavy atom. The highest BCUT2D eigenvalue weighted by Gasteiger charge is 2.33. The number of nitrogens with zero attached hydrogens (tertiary/aromatic N) is 3. The van der Waals surface area contributed by atoms with Gasteiger partial charge in [-0.3, -0.25) is 0 Å². The molecule has 0 unspecified atom stereocenters. The summed E-state index contributed by atoms with van der Waals surface area (Å²) < 4.78 is 38.5. The second-order valence-corrected chi connectivity index (χ2v) is 4.61. The van der Waals surface area contributed by atoms with Gasteiger partial charge in [-0.25, -0.2) is 0 Å². The molecule has 0 spiro atoms. The van der Waals surface area contributed by atoms with Crippen molar-refractivity contribution in [3.05, 3.63) is 45.7 Å². The van der Waals surface area contributed by atoms with Gasteiger partial charge in [0.15, 0.2) is 10.3 Å². The van der Waals surface area contributed by atoms with Crippen LogP contribution in [-0.4, -0.2) is 10.2 Å². The Morgan fingerprint density at radius 2 is 1.86 bits per heavy atom. The predicted octanol–water partition coefficient (Wildman–Crippen LogP) is 4.42. The van der Waals surface area contributed by atoms with Crippen molar-refractivity contribution < 1.29 is 13.2 Å².